The summed E-state index contributed by atoms with van der Waals surface area (Å²) in [5.74, 6) is 0.264. The number of hydrogen-bond donors (Lipinski definition) is 1. The molecule has 1 aliphatic heterocycles. The van der Waals surface area contributed by atoms with Crippen molar-refractivity contribution in [2.45, 2.75) is 32.1 Å². The Labute approximate surface area is 84.4 Å². The van der Waals surface area contributed by atoms with E-state index in [9.17, 15) is 4.79 Å². The van der Waals surface area contributed by atoms with Gasteiger partial charge in [0.1, 0.15) is 0 Å². The van der Waals surface area contributed by atoms with Gasteiger partial charge in [-0.05, 0) is 43.9 Å². The summed E-state index contributed by atoms with van der Waals surface area (Å²) < 4.78 is 5.37. The van der Waals surface area contributed by atoms with Crippen LogP contribution in [0.4, 0.5) is 0 Å². The van der Waals surface area contributed by atoms with Gasteiger partial charge in [-0.1, -0.05) is 0 Å². The van der Waals surface area contributed by atoms with Crippen LogP contribution in [0.25, 0.3) is 0 Å². The van der Waals surface area contributed by atoms with Crippen LogP contribution in [0.2, 0.25) is 0 Å². The fourth-order valence-electron chi connectivity index (χ4n) is 2.35. The Hall–Kier alpha value is -0.570. The van der Waals surface area contributed by atoms with Gasteiger partial charge in [0.25, 0.3) is 0 Å². The maximum Gasteiger partial charge on any atom is 0.306 e. The lowest BCUT2D eigenvalue weighted by Gasteiger charge is -2.24. The second-order valence-electron chi connectivity index (χ2n) is 4.60. The fourth-order valence-corrected chi connectivity index (χ4v) is 2.35. The molecule has 0 aromatic carbocycles. The van der Waals surface area contributed by atoms with Crippen LogP contribution in [-0.4, -0.2) is 24.3 Å². The van der Waals surface area contributed by atoms with Crippen LogP contribution in [0.1, 0.15) is 32.1 Å². The first kappa shape index (κ1) is 9.97. The predicted octanol–water partition coefficient (Wildman–Crippen LogP) is 1.91. The molecule has 2 atom stereocenters. The molecular formula is C11H18O3. The smallest absolute Gasteiger partial charge is 0.306 e. The summed E-state index contributed by atoms with van der Waals surface area (Å²) in [5, 5.41) is 9.07. The van der Waals surface area contributed by atoms with Crippen LogP contribution >= 0.6 is 0 Å². The summed E-state index contributed by atoms with van der Waals surface area (Å²) in [6.07, 6.45) is 5.31. The molecule has 3 heteroatoms. The minimum Gasteiger partial charge on any atom is -0.481 e. The minimum atomic E-state index is -0.599. The molecule has 1 N–H and O–H groups in total. The van der Waals surface area contributed by atoms with Gasteiger partial charge in [-0.15, -0.1) is 0 Å². The molecule has 0 bridgehead atoms. The summed E-state index contributed by atoms with van der Waals surface area (Å²) in [6.45, 7) is 1.63. The molecule has 80 valence electrons. The zero-order chi connectivity index (χ0) is 9.97. The highest BCUT2D eigenvalue weighted by atomic mass is 16.5. The van der Waals surface area contributed by atoms with E-state index in [1.54, 1.807) is 0 Å². The minimum absolute atomic E-state index is 0.0956. The molecule has 14 heavy (non-hydrogen) atoms. The third kappa shape index (κ3) is 2.47. The van der Waals surface area contributed by atoms with Crippen molar-refractivity contribution in [1.29, 1.82) is 0 Å². The lowest BCUT2D eigenvalue weighted by molar-refractivity contribution is -0.143. The molecule has 2 unspecified atom stereocenters. The van der Waals surface area contributed by atoms with E-state index in [-0.39, 0.29) is 5.92 Å². The van der Waals surface area contributed by atoms with Gasteiger partial charge in [0.15, 0.2) is 0 Å². The molecule has 1 saturated carbocycles. The maximum absolute atomic E-state index is 11.0. The molecule has 1 aliphatic carbocycles. The van der Waals surface area contributed by atoms with Crippen LogP contribution in [0.3, 0.4) is 0 Å². The standard InChI is InChI=1S/C11H18O3/c12-11(13)10(9-3-4-9)6-8-2-1-5-14-7-8/h8-10H,1-7H2,(H,12,13). The van der Waals surface area contributed by atoms with Crippen molar-refractivity contribution in [3.8, 4) is 0 Å². The Morgan fingerprint density at radius 3 is 2.71 bits per heavy atom. The van der Waals surface area contributed by atoms with Gasteiger partial charge >= 0.3 is 5.97 Å². The molecule has 0 aromatic rings. The van der Waals surface area contributed by atoms with Gasteiger partial charge < -0.3 is 9.84 Å². The third-order valence-corrected chi connectivity index (χ3v) is 3.35. The average molecular weight is 198 g/mol. The molecule has 0 spiro atoms. The SMILES string of the molecule is O=C(O)C(CC1CCCOC1)C1CC1. The Morgan fingerprint density at radius 2 is 2.21 bits per heavy atom. The van der Waals surface area contributed by atoms with E-state index in [0.717, 1.165) is 45.3 Å². The molecule has 1 heterocycles. The molecule has 2 rings (SSSR count). The molecule has 2 aliphatic rings. The van der Waals surface area contributed by atoms with Crippen LogP contribution in [-0.2, 0) is 9.53 Å². The third-order valence-electron chi connectivity index (χ3n) is 3.35. The van der Waals surface area contributed by atoms with Crippen molar-refractivity contribution in [2.75, 3.05) is 13.2 Å². The molecule has 0 radical (unpaired) electrons. The van der Waals surface area contributed by atoms with Crippen molar-refractivity contribution < 1.29 is 14.6 Å². The second kappa shape index (κ2) is 4.30. The monoisotopic (exact) mass is 198 g/mol. The Bertz CT molecular complexity index is 205. The summed E-state index contributed by atoms with van der Waals surface area (Å²) in [7, 11) is 0. The second-order valence-corrected chi connectivity index (χ2v) is 4.60. The largest absolute Gasteiger partial charge is 0.481 e. The predicted molar refractivity (Wildman–Crippen MR) is 52.0 cm³/mol. The van der Waals surface area contributed by atoms with Crippen LogP contribution in [0, 0.1) is 17.8 Å². The molecule has 3 nitrogen and oxygen atoms in total. The number of carboxylic acid groups (broad SMARTS) is 1. The highest BCUT2D eigenvalue weighted by molar-refractivity contribution is 5.70. The van der Waals surface area contributed by atoms with Gasteiger partial charge in [-0.2, -0.15) is 0 Å². The first-order chi connectivity index (χ1) is 6.77. The van der Waals surface area contributed by atoms with Gasteiger partial charge in [-0.25, -0.2) is 0 Å². The summed E-state index contributed by atoms with van der Waals surface area (Å²) in [5.41, 5.74) is 0. The van der Waals surface area contributed by atoms with Gasteiger partial charge in [0.2, 0.25) is 0 Å². The van der Waals surface area contributed by atoms with Gasteiger partial charge in [0, 0.05) is 13.2 Å². The molecule has 2 fully saturated rings. The van der Waals surface area contributed by atoms with E-state index in [2.05, 4.69) is 0 Å². The number of carbonyl (C=O) groups is 1. The average Bonchev–Trinajstić information content (AvgIpc) is 2.99. The van der Waals surface area contributed by atoms with Crippen LogP contribution in [0.15, 0.2) is 0 Å². The van der Waals surface area contributed by atoms with Crippen molar-refractivity contribution in [3.63, 3.8) is 0 Å². The number of hydrogen-bond acceptors (Lipinski definition) is 2. The van der Waals surface area contributed by atoms with E-state index in [0.29, 0.717) is 11.8 Å². The summed E-state index contributed by atoms with van der Waals surface area (Å²) >= 11 is 0. The van der Waals surface area contributed by atoms with Crippen molar-refractivity contribution in [1.82, 2.24) is 0 Å². The molecule has 0 aromatic heterocycles. The molecule has 1 saturated heterocycles. The number of ether oxygens (including phenoxy) is 1. The van der Waals surface area contributed by atoms with Crippen molar-refractivity contribution in [3.05, 3.63) is 0 Å². The zero-order valence-corrected chi connectivity index (χ0v) is 8.45. The Kier molecular flexibility index (Phi) is 3.06. The van der Waals surface area contributed by atoms with E-state index in [4.69, 9.17) is 9.84 Å². The first-order valence-corrected chi connectivity index (χ1v) is 5.58. The number of aliphatic carboxylic acids is 1. The molecular weight excluding hydrogens is 180 g/mol. The van der Waals surface area contributed by atoms with E-state index < -0.39 is 5.97 Å². The van der Waals surface area contributed by atoms with E-state index in [1.807, 2.05) is 0 Å². The highest BCUT2D eigenvalue weighted by Crippen LogP contribution is 2.40. The topological polar surface area (TPSA) is 46.5 Å². The lowest BCUT2D eigenvalue weighted by Crippen LogP contribution is -2.25. The normalized spacial score (nSPS) is 29.9. The van der Waals surface area contributed by atoms with E-state index >= 15 is 0 Å². The first-order valence-electron chi connectivity index (χ1n) is 5.58. The highest BCUT2D eigenvalue weighted by Gasteiger charge is 2.37. The zero-order valence-electron chi connectivity index (χ0n) is 8.45. The molecule has 0 amide bonds. The summed E-state index contributed by atoms with van der Waals surface area (Å²) in [6, 6.07) is 0. The lowest BCUT2D eigenvalue weighted by atomic mass is 9.88. The van der Waals surface area contributed by atoms with Crippen LogP contribution in [0.5, 0.6) is 0 Å². The van der Waals surface area contributed by atoms with E-state index in [1.165, 1.54) is 0 Å². The quantitative estimate of drug-likeness (QED) is 0.750. The maximum atomic E-state index is 11.0. The van der Waals surface area contributed by atoms with Gasteiger partial charge in [-0.3, -0.25) is 4.79 Å². The number of rotatable bonds is 4. The fraction of sp³-hybridized carbons (Fsp3) is 0.909. The van der Waals surface area contributed by atoms with Gasteiger partial charge in [0.05, 0.1) is 5.92 Å². The van der Waals surface area contributed by atoms with Crippen LogP contribution < -0.4 is 0 Å². The Morgan fingerprint density at radius 1 is 1.43 bits per heavy atom. The number of carboxylic acids is 1. The Balaban J connectivity index is 1.82. The van der Waals surface area contributed by atoms with Crippen molar-refractivity contribution in [2.24, 2.45) is 17.8 Å². The van der Waals surface area contributed by atoms with Crippen molar-refractivity contribution >= 4 is 5.97 Å². The summed E-state index contributed by atoms with van der Waals surface area (Å²) in [4.78, 5) is 11.0.